The molecular formula is C60H85F4N9O17. The molecule has 0 bridgehead atoms. The van der Waals surface area contributed by atoms with Crippen LogP contribution < -0.4 is 31.3 Å². The van der Waals surface area contributed by atoms with Gasteiger partial charge in [-0.1, -0.05) is 6.92 Å². The number of ether oxygens (including phenoxy) is 12. The topological polar surface area (TPSA) is 303 Å². The van der Waals surface area contributed by atoms with Crippen molar-refractivity contribution in [3.05, 3.63) is 76.8 Å². The van der Waals surface area contributed by atoms with E-state index in [1.807, 2.05) is 19.9 Å². The Balaban J connectivity index is 0.740. The maximum atomic E-state index is 13.6. The third kappa shape index (κ3) is 28.5. The first-order valence-corrected chi connectivity index (χ1v) is 30.1. The van der Waals surface area contributed by atoms with Crippen LogP contribution in [0.1, 0.15) is 68.4 Å². The van der Waals surface area contributed by atoms with Crippen LogP contribution in [0.2, 0.25) is 0 Å². The molecule has 90 heavy (non-hydrogen) atoms. The molecule has 0 saturated carbocycles. The Morgan fingerprint density at radius 3 is 1.64 bits per heavy atom. The van der Waals surface area contributed by atoms with Crippen LogP contribution in [0.3, 0.4) is 0 Å². The summed E-state index contributed by atoms with van der Waals surface area (Å²) in [6, 6.07) is 5.17. The number of esters is 1. The molecule has 3 aromatic rings. The zero-order valence-corrected chi connectivity index (χ0v) is 51.2. The largest absolute Gasteiger partial charge is 0.420 e. The molecule has 2 aliphatic rings. The highest BCUT2D eigenvalue weighted by Crippen LogP contribution is 2.29. The second-order valence-electron chi connectivity index (χ2n) is 19.9. The fourth-order valence-electron chi connectivity index (χ4n) is 8.48. The number of benzene rings is 1. The standard InChI is InChI=1S/C60H85F4N9O17/c1-3-13-73(42-79-4-2)60(78)44-36-49-50(71-51(65)38-44)37-45(40-68-49)59(77)70-46-5-6-52(69-41-46)72-14-7-43(8-15-72)58(76)67-12-11-66-53(74)9-16-80-18-20-82-22-24-84-26-28-86-30-32-88-34-35-89-33-31-87-29-27-85-25-23-83-21-19-81-17-10-54(75)90-57-55(63)47(61)39-48(62)56(57)64/h5-6,36-37,39-41,43H,3-4,7-35,38,42H2,1-2H3,(H2,65,71)(H,66,74)(H,67,76)(H,70,77). The van der Waals surface area contributed by atoms with Gasteiger partial charge >= 0.3 is 5.97 Å². The summed E-state index contributed by atoms with van der Waals surface area (Å²) in [5.74, 6) is -9.65. The molecule has 1 saturated heterocycles. The number of nitrogens with two attached hydrogens (primary N) is 1. The van der Waals surface area contributed by atoms with Gasteiger partial charge in [-0.05, 0) is 50.5 Å². The number of rotatable bonds is 47. The van der Waals surface area contributed by atoms with Gasteiger partial charge in [-0.3, -0.25) is 29.0 Å². The van der Waals surface area contributed by atoms with E-state index >= 15 is 0 Å². The summed E-state index contributed by atoms with van der Waals surface area (Å²) < 4.78 is 118. The number of amidine groups is 1. The molecule has 0 spiro atoms. The molecule has 0 unspecified atom stereocenters. The quantitative estimate of drug-likeness (QED) is 0.0153. The first-order valence-electron chi connectivity index (χ1n) is 30.1. The second kappa shape index (κ2) is 43.8. The minimum absolute atomic E-state index is 0.0118. The lowest BCUT2D eigenvalue weighted by atomic mass is 9.96. The molecule has 1 fully saturated rings. The van der Waals surface area contributed by atoms with Gasteiger partial charge in [0.2, 0.25) is 29.2 Å². The zero-order chi connectivity index (χ0) is 64.6. The Bertz CT molecular complexity index is 2690. The third-order valence-corrected chi connectivity index (χ3v) is 13.1. The highest BCUT2D eigenvalue weighted by atomic mass is 19.2. The molecule has 0 radical (unpaired) electrons. The Morgan fingerprint density at radius 1 is 0.633 bits per heavy atom. The zero-order valence-electron chi connectivity index (χ0n) is 51.2. The number of piperidine rings is 1. The summed E-state index contributed by atoms with van der Waals surface area (Å²) in [5, 5.41) is 8.57. The predicted octanol–water partition coefficient (Wildman–Crippen LogP) is 4.29. The summed E-state index contributed by atoms with van der Waals surface area (Å²) >= 11 is 0. The number of aliphatic imine (C=N–C) groups is 1. The maximum Gasteiger partial charge on any atom is 0.313 e. The van der Waals surface area contributed by atoms with Gasteiger partial charge in [0.25, 0.3) is 11.8 Å². The van der Waals surface area contributed by atoms with Gasteiger partial charge in [0, 0.05) is 75.9 Å². The fraction of sp³-hybridized carbons (Fsp3) is 0.600. The molecule has 500 valence electrons. The molecule has 26 nitrogen and oxygen atoms in total. The number of nitrogens with one attached hydrogen (secondary N) is 3. The van der Waals surface area contributed by atoms with Crippen molar-refractivity contribution in [1.82, 2.24) is 25.5 Å². The Hall–Kier alpha value is -6.84. The normalized spacial score (nSPS) is 13.3. The van der Waals surface area contributed by atoms with E-state index in [2.05, 4.69) is 40.5 Å². The van der Waals surface area contributed by atoms with Crippen LogP contribution in [-0.4, -0.2) is 229 Å². The SMILES string of the molecule is CCCN(COCC)C(=O)C1=Cc2ncc(C(=O)Nc3ccc(N4CCC(C(=O)NCCNC(=O)CCOCCOCCOCCOCCOCCOCCOCCOCCOCCOCCC(=O)Oc5c(F)c(F)cc(F)c5F)CC4)nc3)cc2N=C(N)C1. The smallest absolute Gasteiger partial charge is 0.313 e. The van der Waals surface area contributed by atoms with Gasteiger partial charge in [-0.25, -0.2) is 18.8 Å². The molecule has 2 aromatic heterocycles. The third-order valence-electron chi connectivity index (χ3n) is 13.1. The van der Waals surface area contributed by atoms with Crippen molar-refractivity contribution in [1.29, 1.82) is 0 Å². The second-order valence-corrected chi connectivity index (χ2v) is 19.9. The number of carbonyl (C=O) groups is 5. The van der Waals surface area contributed by atoms with Crippen LogP contribution in [0.4, 0.5) is 34.8 Å². The molecule has 2 aliphatic heterocycles. The fourth-order valence-corrected chi connectivity index (χ4v) is 8.48. The van der Waals surface area contributed by atoms with Gasteiger partial charge in [0.05, 0.1) is 167 Å². The molecule has 4 amide bonds. The van der Waals surface area contributed by atoms with Gasteiger partial charge in [-0.15, -0.1) is 0 Å². The van der Waals surface area contributed by atoms with Gasteiger partial charge < -0.3 is 88.3 Å². The number of halogens is 4. The number of fused-ring (bicyclic) bond motifs is 1. The monoisotopic (exact) mass is 1280 g/mol. The van der Waals surface area contributed by atoms with Crippen LogP contribution in [0.5, 0.6) is 5.75 Å². The summed E-state index contributed by atoms with van der Waals surface area (Å²) in [6.45, 7) is 13.2. The van der Waals surface area contributed by atoms with Crippen LogP contribution in [-0.2, 0) is 71.3 Å². The van der Waals surface area contributed by atoms with E-state index in [9.17, 15) is 41.5 Å². The highest BCUT2D eigenvalue weighted by molar-refractivity contribution is 6.07. The van der Waals surface area contributed by atoms with Crippen LogP contribution in [0, 0.1) is 29.2 Å². The summed E-state index contributed by atoms with van der Waals surface area (Å²) in [6.07, 6.45) is 6.58. The number of pyridine rings is 2. The van der Waals surface area contributed by atoms with Crippen molar-refractivity contribution in [2.75, 3.05) is 188 Å². The molecular weight excluding hydrogens is 1190 g/mol. The Labute approximate surface area is 521 Å². The predicted molar refractivity (Wildman–Crippen MR) is 319 cm³/mol. The van der Waals surface area contributed by atoms with Crippen LogP contribution in [0.25, 0.3) is 6.08 Å². The lowest BCUT2D eigenvalue weighted by Gasteiger charge is -2.32. The summed E-state index contributed by atoms with van der Waals surface area (Å²) in [5.41, 5.74) is 8.19. The first-order chi connectivity index (χ1) is 43.8. The number of anilines is 2. The number of amides is 4. The van der Waals surface area contributed by atoms with Gasteiger partial charge in [-0.2, -0.15) is 8.78 Å². The van der Waals surface area contributed by atoms with E-state index in [4.69, 9.17) is 57.8 Å². The number of hydrogen-bond acceptors (Lipinski definition) is 22. The lowest BCUT2D eigenvalue weighted by molar-refractivity contribution is -0.136. The molecule has 5 N–H and O–H groups in total. The number of carbonyl (C=O) groups excluding carboxylic acids is 5. The maximum absolute atomic E-state index is 13.6. The molecule has 5 rings (SSSR count). The highest BCUT2D eigenvalue weighted by Gasteiger charge is 2.27. The average molecular weight is 1280 g/mol. The van der Waals surface area contributed by atoms with E-state index in [1.54, 1.807) is 29.3 Å². The van der Waals surface area contributed by atoms with E-state index in [0.29, 0.717) is 174 Å². The Kier molecular flexibility index (Phi) is 36.0. The lowest BCUT2D eigenvalue weighted by Crippen LogP contribution is -2.42. The molecule has 0 atom stereocenters. The van der Waals surface area contributed by atoms with Crippen molar-refractivity contribution >= 4 is 58.7 Å². The van der Waals surface area contributed by atoms with Crippen molar-refractivity contribution in [3.8, 4) is 5.75 Å². The van der Waals surface area contributed by atoms with Crippen molar-refractivity contribution in [3.63, 3.8) is 0 Å². The average Bonchev–Trinajstić information content (AvgIpc) is 2.53. The van der Waals surface area contributed by atoms with Crippen LogP contribution in [0.15, 0.2) is 47.2 Å². The van der Waals surface area contributed by atoms with E-state index in [-0.39, 0.29) is 93.7 Å². The van der Waals surface area contributed by atoms with Gasteiger partial charge in [0.15, 0.2) is 11.6 Å². The first kappa shape index (κ1) is 73.9. The minimum Gasteiger partial charge on any atom is -0.420 e. The van der Waals surface area contributed by atoms with E-state index < -0.39 is 47.3 Å². The minimum atomic E-state index is -1.81. The van der Waals surface area contributed by atoms with Crippen LogP contribution >= 0.6 is 0 Å². The molecule has 30 heteroatoms. The van der Waals surface area contributed by atoms with E-state index in [1.165, 1.54) is 6.20 Å². The molecule has 4 heterocycles. The summed E-state index contributed by atoms with van der Waals surface area (Å²) in [4.78, 5) is 80.8. The van der Waals surface area contributed by atoms with E-state index in [0.717, 1.165) is 12.2 Å². The molecule has 0 aliphatic carbocycles. The number of nitrogens with zero attached hydrogens (tertiary/aromatic N) is 5. The van der Waals surface area contributed by atoms with Crippen molar-refractivity contribution in [2.24, 2.45) is 16.6 Å². The van der Waals surface area contributed by atoms with Crippen molar-refractivity contribution < 1.29 is 98.4 Å². The Morgan fingerprint density at radius 2 is 1.14 bits per heavy atom. The summed E-state index contributed by atoms with van der Waals surface area (Å²) in [7, 11) is 0. The van der Waals surface area contributed by atoms with Gasteiger partial charge in [0.1, 0.15) is 18.4 Å². The number of hydrogen-bond donors (Lipinski definition) is 4. The number of aromatic nitrogens is 2. The molecule has 1 aromatic carbocycles. The van der Waals surface area contributed by atoms with Crippen molar-refractivity contribution in [2.45, 2.75) is 52.4 Å².